The number of carbonyl (C=O) groups is 2. The number of aliphatic hydroxyl groups excluding tert-OH is 1. The van der Waals surface area contributed by atoms with Gasteiger partial charge in [0.25, 0.3) is 5.91 Å². The van der Waals surface area contributed by atoms with Crippen LogP contribution in [0, 0.1) is 6.92 Å². The molecule has 1 atom stereocenters. The first-order valence-electron chi connectivity index (χ1n) is 9.61. The van der Waals surface area contributed by atoms with Crippen LogP contribution in [-0.4, -0.2) is 16.8 Å². The summed E-state index contributed by atoms with van der Waals surface area (Å²) in [6, 6.07) is 19.5. The van der Waals surface area contributed by atoms with E-state index < -0.39 is 17.7 Å². The van der Waals surface area contributed by atoms with Gasteiger partial charge in [0, 0.05) is 16.6 Å². The molecule has 0 bridgehead atoms. The van der Waals surface area contributed by atoms with Crippen molar-refractivity contribution in [3.63, 3.8) is 0 Å². The zero-order valence-corrected chi connectivity index (χ0v) is 17.9. The largest absolute Gasteiger partial charge is 0.503 e. The molecule has 0 saturated carbocycles. The van der Waals surface area contributed by atoms with Crippen LogP contribution in [0.1, 0.15) is 29.5 Å². The van der Waals surface area contributed by atoms with E-state index >= 15 is 0 Å². The van der Waals surface area contributed by atoms with E-state index in [0.717, 1.165) is 10.0 Å². The average Bonchev–Trinajstić information content (AvgIpc) is 3.28. The van der Waals surface area contributed by atoms with Gasteiger partial charge in [-0.05, 0) is 49.2 Å². The second-order valence-electron chi connectivity index (χ2n) is 7.18. The predicted octanol–water partition coefficient (Wildman–Crippen LogP) is 5.45. The molecular weight excluding hydrogens is 446 g/mol. The van der Waals surface area contributed by atoms with Crippen molar-refractivity contribution in [1.29, 1.82) is 0 Å². The molecule has 1 N–H and O–H groups in total. The molecule has 0 fully saturated rings. The molecule has 4 rings (SSSR count). The quantitative estimate of drug-likeness (QED) is 0.525. The number of hydrogen-bond acceptors (Lipinski definition) is 4. The van der Waals surface area contributed by atoms with Gasteiger partial charge < -0.3 is 9.52 Å². The molecule has 6 heteroatoms. The van der Waals surface area contributed by atoms with Crippen molar-refractivity contribution >= 4 is 33.3 Å². The fourth-order valence-corrected chi connectivity index (χ4v) is 4.08. The van der Waals surface area contributed by atoms with E-state index in [1.807, 2.05) is 36.4 Å². The van der Waals surface area contributed by atoms with Gasteiger partial charge in [0.1, 0.15) is 17.6 Å². The zero-order valence-electron chi connectivity index (χ0n) is 16.3. The van der Waals surface area contributed by atoms with Gasteiger partial charge in [0.05, 0.1) is 5.57 Å². The SMILES string of the molecule is Cc1ccc(C2C(C(=O)CCc3ccccc3)=C(O)C(=O)N2c2cccc(Br)c2)o1. The monoisotopic (exact) mass is 465 g/mol. The van der Waals surface area contributed by atoms with Crippen molar-refractivity contribution < 1.29 is 19.1 Å². The number of Topliss-reactive ketones (excluding diaryl/α,β-unsaturated/α-hetero) is 1. The van der Waals surface area contributed by atoms with Gasteiger partial charge in [0.15, 0.2) is 11.5 Å². The number of benzene rings is 2. The molecule has 1 aromatic heterocycles. The highest BCUT2D eigenvalue weighted by atomic mass is 79.9. The fourth-order valence-electron chi connectivity index (χ4n) is 3.69. The Kier molecular flexibility index (Phi) is 5.59. The number of hydrogen-bond donors (Lipinski definition) is 1. The number of anilines is 1. The van der Waals surface area contributed by atoms with Crippen molar-refractivity contribution in [1.82, 2.24) is 0 Å². The van der Waals surface area contributed by atoms with Crippen molar-refractivity contribution in [3.05, 3.63) is 99.6 Å². The van der Waals surface area contributed by atoms with Crippen LogP contribution in [-0.2, 0) is 16.0 Å². The summed E-state index contributed by atoms with van der Waals surface area (Å²) >= 11 is 3.41. The third-order valence-electron chi connectivity index (χ3n) is 5.11. The molecule has 0 radical (unpaired) electrons. The molecule has 152 valence electrons. The first-order chi connectivity index (χ1) is 14.5. The fraction of sp³-hybridized carbons (Fsp3) is 0.167. The Morgan fingerprint density at radius 1 is 1.10 bits per heavy atom. The smallest absolute Gasteiger partial charge is 0.294 e. The molecule has 0 spiro atoms. The van der Waals surface area contributed by atoms with Gasteiger partial charge in [-0.2, -0.15) is 0 Å². The molecule has 2 aromatic carbocycles. The first kappa shape index (κ1) is 20.2. The Morgan fingerprint density at radius 2 is 1.87 bits per heavy atom. The summed E-state index contributed by atoms with van der Waals surface area (Å²) in [7, 11) is 0. The number of amides is 1. The van der Waals surface area contributed by atoms with E-state index in [2.05, 4.69) is 15.9 Å². The number of aliphatic hydroxyl groups is 1. The minimum absolute atomic E-state index is 0.0743. The van der Waals surface area contributed by atoms with Gasteiger partial charge in [-0.1, -0.05) is 52.3 Å². The lowest BCUT2D eigenvalue weighted by Gasteiger charge is -2.25. The minimum Gasteiger partial charge on any atom is -0.503 e. The third-order valence-corrected chi connectivity index (χ3v) is 5.60. The second kappa shape index (κ2) is 8.32. The molecule has 0 saturated heterocycles. The number of rotatable bonds is 6. The van der Waals surface area contributed by atoms with Crippen LogP contribution < -0.4 is 4.90 Å². The summed E-state index contributed by atoms with van der Waals surface area (Å²) in [4.78, 5) is 27.6. The number of carbonyl (C=O) groups excluding carboxylic acids is 2. The molecule has 1 aliphatic heterocycles. The Labute approximate surface area is 182 Å². The highest BCUT2D eigenvalue weighted by Gasteiger charge is 2.45. The average molecular weight is 466 g/mol. The number of furan rings is 1. The molecule has 30 heavy (non-hydrogen) atoms. The highest BCUT2D eigenvalue weighted by Crippen LogP contribution is 2.42. The summed E-state index contributed by atoms with van der Waals surface area (Å²) in [6.45, 7) is 1.80. The Bertz CT molecular complexity index is 1130. The Balaban J connectivity index is 1.71. The van der Waals surface area contributed by atoms with E-state index in [4.69, 9.17) is 4.42 Å². The maximum atomic E-state index is 13.2. The standard InChI is InChI=1S/C24H20BrNO4/c1-15-10-13-20(30-15)22-21(19(27)12-11-16-6-3-2-4-7-16)23(28)24(29)26(22)18-9-5-8-17(25)14-18/h2-10,13-14,22,28H,11-12H2,1H3. The number of halogens is 1. The predicted molar refractivity (Wildman–Crippen MR) is 117 cm³/mol. The number of ketones is 1. The Hall–Kier alpha value is -3.12. The van der Waals surface area contributed by atoms with Crippen molar-refractivity contribution in [3.8, 4) is 0 Å². The van der Waals surface area contributed by atoms with Gasteiger partial charge in [-0.15, -0.1) is 0 Å². The molecule has 1 amide bonds. The van der Waals surface area contributed by atoms with E-state index in [1.165, 1.54) is 4.90 Å². The van der Waals surface area contributed by atoms with Crippen LogP contribution in [0.15, 0.2) is 87.0 Å². The van der Waals surface area contributed by atoms with Crippen LogP contribution in [0.5, 0.6) is 0 Å². The second-order valence-corrected chi connectivity index (χ2v) is 8.09. The molecular formula is C24H20BrNO4. The number of aryl methyl sites for hydroxylation is 2. The highest BCUT2D eigenvalue weighted by molar-refractivity contribution is 9.10. The summed E-state index contributed by atoms with van der Waals surface area (Å²) in [6.07, 6.45) is 0.699. The summed E-state index contributed by atoms with van der Waals surface area (Å²) < 4.78 is 6.57. The lowest BCUT2D eigenvalue weighted by molar-refractivity contribution is -0.118. The van der Waals surface area contributed by atoms with E-state index in [1.54, 1.807) is 37.3 Å². The molecule has 3 aromatic rings. The molecule has 2 heterocycles. The van der Waals surface area contributed by atoms with Crippen LogP contribution in [0.25, 0.3) is 0 Å². The lowest BCUT2D eigenvalue weighted by Crippen LogP contribution is -2.30. The normalized spacial score (nSPS) is 16.4. The summed E-state index contributed by atoms with van der Waals surface area (Å²) in [5, 5.41) is 10.7. The van der Waals surface area contributed by atoms with Gasteiger partial charge in [0.2, 0.25) is 0 Å². The maximum absolute atomic E-state index is 13.2. The minimum atomic E-state index is -0.816. The molecule has 0 aliphatic carbocycles. The first-order valence-corrected chi connectivity index (χ1v) is 10.4. The van der Waals surface area contributed by atoms with E-state index in [-0.39, 0.29) is 17.8 Å². The number of nitrogens with zero attached hydrogens (tertiary/aromatic N) is 1. The summed E-state index contributed by atoms with van der Waals surface area (Å²) in [5.74, 6) is -0.314. The van der Waals surface area contributed by atoms with Crippen LogP contribution >= 0.6 is 15.9 Å². The van der Waals surface area contributed by atoms with E-state index in [9.17, 15) is 14.7 Å². The summed E-state index contributed by atoms with van der Waals surface area (Å²) in [5.41, 5.74) is 1.65. The zero-order chi connectivity index (χ0) is 21.3. The third kappa shape index (κ3) is 3.83. The topological polar surface area (TPSA) is 70.8 Å². The maximum Gasteiger partial charge on any atom is 0.294 e. The van der Waals surface area contributed by atoms with Crippen LogP contribution in [0.2, 0.25) is 0 Å². The van der Waals surface area contributed by atoms with Crippen molar-refractivity contribution in [2.75, 3.05) is 4.90 Å². The van der Waals surface area contributed by atoms with Crippen molar-refractivity contribution in [2.24, 2.45) is 0 Å². The van der Waals surface area contributed by atoms with Crippen molar-refractivity contribution in [2.45, 2.75) is 25.8 Å². The van der Waals surface area contributed by atoms with Crippen LogP contribution in [0.3, 0.4) is 0 Å². The van der Waals surface area contributed by atoms with Crippen LogP contribution in [0.4, 0.5) is 5.69 Å². The van der Waals surface area contributed by atoms with Gasteiger partial charge in [-0.3, -0.25) is 14.5 Å². The Morgan fingerprint density at radius 3 is 2.53 bits per heavy atom. The molecule has 1 aliphatic rings. The molecule has 5 nitrogen and oxygen atoms in total. The van der Waals surface area contributed by atoms with Gasteiger partial charge >= 0.3 is 0 Å². The van der Waals surface area contributed by atoms with Gasteiger partial charge in [-0.25, -0.2) is 0 Å². The molecule has 1 unspecified atom stereocenters. The van der Waals surface area contributed by atoms with E-state index in [0.29, 0.717) is 23.6 Å². The lowest BCUT2D eigenvalue weighted by atomic mass is 9.96.